The number of rotatable bonds is 4. The molecule has 1 aromatic heterocycles. The molecule has 2 atom stereocenters. The van der Waals surface area contributed by atoms with Crippen LogP contribution in [0.25, 0.3) is 11.3 Å². The molecule has 1 amide bonds. The Morgan fingerprint density at radius 3 is 2.09 bits per heavy atom. The van der Waals surface area contributed by atoms with E-state index in [9.17, 15) is 4.79 Å². The standard InChI is InChI=1S/C31H28N2O/c1-22-18-27(20-32-29(22)24-12-6-3-7-13-24)28-19-23(2)30(25-14-8-4-9-15-25)33(21-28)31(34)26-16-10-5-11-17-26/h3-20,28,30H,21H2,1-2H3. The number of hydrogen-bond acceptors (Lipinski definition) is 2. The van der Waals surface area contributed by atoms with Gasteiger partial charge in [-0.15, -0.1) is 0 Å². The summed E-state index contributed by atoms with van der Waals surface area (Å²) in [7, 11) is 0. The summed E-state index contributed by atoms with van der Waals surface area (Å²) in [5.74, 6) is 0.140. The molecule has 0 N–H and O–H groups in total. The van der Waals surface area contributed by atoms with Gasteiger partial charge in [0.15, 0.2) is 0 Å². The van der Waals surface area contributed by atoms with Crippen molar-refractivity contribution in [1.29, 1.82) is 0 Å². The number of aromatic nitrogens is 1. The number of carbonyl (C=O) groups excluding carboxylic acids is 1. The van der Waals surface area contributed by atoms with E-state index in [-0.39, 0.29) is 17.9 Å². The van der Waals surface area contributed by atoms with E-state index >= 15 is 0 Å². The normalized spacial score (nSPS) is 17.8. The van der Waals surface area contributed by atoms with Gasteiger partial charge in [-0.3, -0.25) is 9.78 Å². The number of hydrogen-bond donors (Lipinski definition) is 0. The highest BCUT2D eigenvalue weighted by molar-refractivity contribution is 5.95. The number of pyridine rings is 1. The summed E-state index contributed by atoms with van der Waals surface area (Å²) in [6.45, 7) is 4.85. The van der Waals surface area contributed by atoms with E-state index in [4.69, 9.17) is 4.98 Å². The molecule has 2 heterocycles. The van der Waals surface area contributed by atoms with E-state index in [1.54, 1.807) is 0 Å². The largest absolute Gasteiger partial charge is 0.327 e. The lowest BCUT2D eigenvalue weighted by molar-refractivity contribution is 0.0684. The Balaban J connectivity index is 1.53. The van der Waals surface area contributed by atoms with Crippen LogP contribution in [0.5, 0.6) is 0 Å². The number of benzene rings is 3. The van der Waals surface area contributed by atoms with Gasteiger partial charge in [-0.25, -0.2) is 0 Å². The van der Waals surface area contributed by atoms with Crippen molar-refractivity contribution in [3.05, 3.63) is 137 Å². The lowest BCUT2D eigenvalue weighted by atomic mass is 9.86. The fourth-order valence-corrected chi connectivity index (χ4v) is 4.95. The van der Waals surface area contributed by atoms with E-state index in [0.29, 0.717) is 12.1 Å². The number of carbonyl (C=O) groups is 1. The molecular weight excluding hydrogens is 416 g/mol. The van der Waals surface area contributed by atoms with Crippen LogP contribution >= 0.6 is 0 Å². The summed E-state index contributed by atoms with van der Waals surface area (Å²) < 4.78 is 0. The predicted molar refractivity (Wildman–Crippen MR) is 138 cm³/mol. The Kier molecular flexibility index (Phi) is 6.09. The minimum atomic E-state index is -0.0807. The molecule has 0 saturated heterocycles. The van der Waals surface area contributed by atoms with Crippen molar-refractivity contribution in [3.8, 4) is 11.3 Å². The van der Waals surface area contributed by atoms with Gasteiger partial charge in [0.25, 0.3) is 5.91 Å². The van der Waals surface area contributed by atoms with Gasteiger partial charge in [0.2, 0.25) is 0 Å². The smallest absolute Gasteiger partial charge is 0.254 e. The zero-order chi connectivity index (χ0) is 23.5. The SMILES string of the molecule is CC1=CC(c2cnc(-c3ccccc3)c(C)c2)CN(C(=O)c2ccccc2)C1c1ccccc1. The summed E-state index contributed by atoms with van der Waals surface area (Å²) in [5, 5.41) is 0. The zero-order valence-corrected chi connectivity index (χ0v) is 19.6. The van der Waals surface area contributed by atoms with Gasteiger partial charge < -0.3 is 4.90 Å². The van der Waals surface area contributed by atoms with E-state index in [2.05, 4.69) is 50.3 Å². The first-order valence-electron chi connectivity index (χ1n) is 11.7. The lowest BCUT2D eigenvalue weighted by Gasteiger charge is -2.39. The Morgan fingerprint density at radius 1 is 0.824 bits per heavy atom. The van der Waals surface area contributed by atoms with Gasteiger partial charge in [-0.1, -0.05) is 91.0 Å². The first-order chi connectivity index (χ1) is 16.6. The molecule has 2 unspecified atom stereocenters. The van der Waals surface area contributed by atoms with Gasteiger partial charge in [0.05, 0.1) is 11.7 Å². The second-order valence-electron chi connectivity index (χ2n) is 8.95. The molecule has 0 radical (unpaired) electrons. The van der Waals surface area contributed by atoms with Gasteiger partial charge in [-0.2, -0.15) is 0 Å². The maximum Gasteiger partial charge on any atom is 0.254 e. The molecule has 0 fully saturated rings. The van der Waals surface area contributed by atoms with Crippen molar-refractivity contribution in [2.45, 2.75) is 25.8 Å². The van der Waals surface area contributed by atoms with Gasteiger partial charge in [-0.05, 0) is 48.2 Å². The van der Waals surface area contributed by atoms with Crippen LogP contribution in [0.15, 0.2) is 115 Å². The first-order valence-corrected chi connectivity index (χ1v) is 11.7. The average molecular weight is 445 g/mol. The molecule has 1 aliphatic heterocycles. The van der Waals surface area contributed by atoms with Gasteiger partial charge >= 0.3 is 0 Å². The molecule has 0 spiro atoms. The number of aryl methyl sites for hydroxylation is 1. The van der Waals surface area contributed by atoms with Crippen LogP contribution < -0.4 is 0 Å². The second kappa shape index (κ2) is 9.48. The predicted octanol–water partition coefficient (Wildman–Crippen LogP) is 6.98. The van der Waals surface area contributed by atoms with Crippen molar-refractivity contribution in [2.24, 2.45) is 0 Å². The minimum absolute atomic E-state index is 0.0532. The molecule has 1 aliphatic rings. The molecule has 3 aromatic carbocycles. The topological polar surface area (TPSA) is 33.2 Å². The first kappa shape index (κ1) is 21.8. The number of nitrogens with zero attached hydrogens (tertiary/aromatic N) is 2. The van der Waals surface area contributed by atoms with Crippen LogP contribution in [-0.4, -0.2) is 22.3 Å². The average Bonchev–Trinajstić information content (AvgIpc) is 2.89. The third-order valence-corrected chi connectivity index (χ3v) is 6.57. The molecule has 3 nitrogen and oxygen atoms in total. The maximum atomic E-state index is 13.7. The van der Waals surface area contributed by atoms with Crippen molar-refractivity contribution >= 4 is 5.91 Å². The van der Waals surface area contributed by atoms with Crippen LogP contribution in [0.1, 0.15) is 45.9 Å². The van der Waals surface area contributed by atoms with Crippen molar-refractivity contribution in [2.75, 3.05) is 6.54 Å². The van der Waals surface area contributed by atoms with Crippen molar-refractivity contribution < 1.29 is 4.79 Å². The molecule has 5 rings (SSSR count). The van der Waals surface area contributed by atoms with Crippen LogP contribution in [-0.2, 0) is 0 Å². The Labute approximate surface area is 201 Å². The minimum Gasteiger partial charge on any atom is -0.327 e. The molecule has 168 valence electrons. The molecule has 34 heavy (non-hydrogen) atoms. The van der Waals surface area contributed by atoms with Crippen LogP contribution in [0.3, 0.4) is 0 Å². The molecular formula is C31H28N2O. The Bertz CT molecular complexity index is 1310. The fraction of sp³-hybridized carbons (Fsp3) is 0.161. The maximum absolute atomic E-state index is 13.7. The van der Waals surface area contributed by atoms with E-state index < -0.39 is 0 Å². The molecule has 0 aliphatic carbocycles. The second-order valence-corrected chi connectivity index (χ2v) is 8.95. The van der Waals surface area contributed by atoms with Crippen molar-refractivity contribution in [1.82, 2.24) is 9.88 Å². The van der Waals surface area contributed by atoms with Crippen LogP contribution in [0.2, 0.25) is 0 Å². The Hall–Kier alpha value is -3.98. The highest BCUT2D eigenvalue weighted by Gasteiger charge is 2.33. The molecule has 0 bridgehead atoms. The Morgan fingerprint density at radius 2 is 1.44 bits per heavy atom. The molecule has 4 aromatic rings. The van der Waals surface area contributed by atoms with Gasteiger partial charge in [0.1, 0.15) is 0 Å². The zero-order valence-electron chi connectivity index (χ0n) is 19.6. The van der Waals surface area contributed by atoms with Gasteiger partial charge in [0, 0.05) is 29.8 Å². The third-order valence-electron chi connectivity index (χ3n) is 6.57. The molecule has 0 saturated carbocycles. The fourth-order valence-electron chi connectivity index (χ4n) is 4.95. The van der Waals surface area contributed by atoms with Crippen LogP contribution in [0.4, 0.5) is 0 Å². The summed E-state index contributed by atoms with van der Waals surface area (Å²) in [4.78, 5) is 20.5. The summed E-state index contributed by atoms with van der Waals surface area (Å²) in [6, 6.07) is 32.3. The summed E-state index contributed by atoms with van der Waals surface area (Å²) in [5.41, 5.74) is 7.41. The highest BCUT2D eigenvalue weighted by Crippen LogP contribution is 2.38. The van der Waals surface area contributed by atoms with E-state index in [1.807, 2.05) is 77.8 Å². The van der Waals surface area contributed by atoms with E-state index in [1.165, 1.54) is 5.57 Å². The van der Waals surface area contributed by atoms with E-state index in [0.717, 1.165) is 27.9 Å². The lowest BCUT2D eigenvalue weighted by Crippen LogP contribution is -2.41. The van der Waals surface area contributed by atoms with Crippen LogP contribution in [0, 0.1) is 6.92 Å². The van der Waals surface area contributed by atoms with Crippen molar-refractivity contribution in [3.63, 3.8) is 0 Å². The molecule has 3 heteroatoms. The summed E-state index contributed by atoms with van der Waals surface area (Å²) in [6.07, 6.45) is 4.28. The summed E-state index contributed by atoms with van der Waals surface area (Å²) >= 11 is 0. The highest BCUT2D eigenvalue weighted by atomic mass is 16.2. The third kappa shape index (κ3) is 4.29. The quantitative estimate of drug-likeness (QED) is 0.318. The monoisotopic (exact) mass is 444 g/mol. The number of amides is 1.